The zero-order valence-corrected chi connectivity index (χ0v) is 22.9. The summed E-state index contributed by atoms with van der Waals surface area (Å²) < 4.78 is 6.53. The van der Waals surface area contributed by atoms with E-state index in [1.807, 2.05) is 31.2 Å². The molecule has 0 aromatic heterocycles. The Hall–Kier alpha value is -3.43. The Morgan fingerprint density at radius 3 is 2.80 bits per heavy atom. The van der Waals surface area contributed by atoms with Crippen LogP contribution in [0.3, 0.4) is 0 Å². The zero-order valence-electron chi connectivity index (χ0n) is 22.9. The number of rotatable bonds is 6. The molecule has 2 saturated carbocycles. The van der Waals surface area contributed by atoms with Crippen molar-refractivity contribution in [2.45, 2.75) is 74.7 Å². The van der Waals surface area contributed by atoms with Crippen LogP contribution in [0.15, 0.2) is 36.4 Å². The van der Waals surface area contributed by atoms with E-state index in [-0.39, 0.29) is 35.2 Å². The molecule has 9 nitrogen and oxygen atoms in total. The summed E-state index contributed by atoms with van der Waals surface area (Å²) in [7, 11) is 1.76. The number of ether oxygens (including phenoxy) is 1. The van der Waals surface area contributed by atoms with Crippen LogP contribution in [0.5, 0.6) is 11.5 Å². The summed E-state index contributed by atoms with van der Waals surface area (Å²) in [5.41, 5.74) is 0.954. The molecule has 7 rings (SSSR count). The average molecular weight is 546 g/mol. The summed E-state index contributed by atoms with van der Waals surface area (Å²) in [5.74, 6) is 0.394. The maximum absolute atomic E-state index is 13.4. The van der Waals surface area contributed by atoms with Gasteiger partial charge in [-0.25, -0.2) is 0 Å². The molecule has 1 spiro atoms. The highest BCUT2D eigenvalue weighted by atomic mass is 16.6. The molecule has 2 N–H and O–H groups in total. The van der Waals surface area contributed by atoms with Gasteiger partial charge in [-0.3, -0.25) is 19.8 Å². The van der Waals surface area contributed by atoms with Crippen molar-refractivity contribution in [3.8, 4) is 11.5 Å². The normalized spacial score (nSPS) is 32.0. The third kappa shape index (κ3) is 3.50. The molecular weight excluding hydrogens is 510 g/mol. The highest BCUT2D eigenvalue weighted by Crippen LogP contribution is 2.67. The zero-order chi connectivity index (χ0) is 28.0. The topological polar surface area (TPSA) is 116 Å². The number of hydrogen-bond donors (Lipinski definition) is 2. The van der Waals surface area contributed by atoms with Gasteiger partial charge in [0, 0.05) is 36.8 Å². The maximum atomic E-state index is 13.4. The molecular formula is C31H35N3O6. The summed E-state index contributed by atoms with van der Waals surface area (Å²) in [4.78, 5) is 29.2. The lowest BCUT2D eigenvalue weighted by Gasteiger charge is -2.64. The number of phenolic OH excluding ortho intramolecular Hbond substituents is 1. The Bertz CT molecular complexity index is 1450. The molecule has 3 fully saturated rings. The van der Waals surface area contributed by atoms with Crippen LogP contribution in [0.25, 0.3) is 6.08 Å². The molecule has 5 aliphatic rings. The van der Waals surface area contributed by atoms with Crippen molar-refractivity contribution in [1.29, 1.82) is 0 Å². The number of nitro groups is 1. The number of likely N-dealkylation sites (N-methyl/N-ethyl adjacent to an activating group) is 1. The van der Waals surface area contributed by atoms with Crippen molar-refractivity contribution in [3.63, 3.8) is 0 Å². The summed E-state index contributed by atoms with van der Waals surface area (Å²) >= 11 is 0. The van der Waals surface area contributed by atoms with Gasteiger partial charge in [0.25, 0.3) is 5.69 Å². The number of hydrogen-bond acceptors (Lipinski definition) is 7. The number of amides is 1. The highest BCUT2D eigenvalue weighted by molar-refractivity contribution is 5.92. The molecule has 0 radical (unpaired) electrons. The van der Waals surface area contributed by atoms with Crippen LogP contribution in [0.4, 0.5) is 5.69 Å². The number of aliphatic hydroxyl groups is 1. The Labute approximate surface area is 233 Å². The van der Waals surface area contributed by atoms with Crippen molar-refractivity contribution < 1.29 is 24.7 Å². The SMILES string of the molecule is Cc1cccc(C=CC(=O)N(C)[C@@H]2CC[C@@]3(O)[C@H]4Cc5c([N+](=O)[O-])cc(O)c6c5[C@@]3(CCN4CC3CC3)[C@H]2O6)c1. The number of aromatic hydroxyl groups is 1. The van der Waals surface area contributed by atoms with Crippen molar-refractivity contribution >= 4 is 17.7 Å². The first-order valence-corrected chi connectivity index (χ1v) is 14.3. The number of piperidine rings is 1. The predicted molar refractivity (Wildman–Crippen MR) is 148 cm³/mol. The number of aryl methyl sites for hydroxylation is 1. The smallest absolute Gasteiger partial charge is 0.276 e. The lowest BCUT2D eigenvalue weighted by Crippen LogP contribution is -2.78. The third-order valence-corrected chi connectivity index (χ3v) is 10.3. The van der Waals surface area contributed by atoms with E-state index in [0.717, 1.165) is 24.2 Å². The van der Waals surface area contributed by atoms with Crippen LogP contribution in [0.2, 0.25) is 0 Å². The van der Waals surface area contributed by atoms with Crippen LogP contribution in [-0.2, 0) is 16.6 Å². The van der Waals surface area contributed by atoms with Gasteiger partial charge in [0.05, 0.1) is 28.0 Å². The Morgan fingerprint density at radius 1 is 1.27 bits per heavy atom. The molecule has 1 amide bonds. The number of likely N-dealkylation sites (tertiary alicyclic amines) is 1. The number of carbonyl (C=O) groups is 1. The molecule has 2 aromatic rings. The Balaban J connectivity index is 1.30. The van der Waals surface area contributed by atoms with Crippen LogP contribution < -0.4 is 4.74 Å². The first-order chi connectivity index (χ1) is 19.1. The van der Waals surface area contributed by atoms with Gasteiger partial charge in [-0.05, 0) is 69.6 Å². The van der Waals surface area contributed by atoms with E-state index < -0.39 is 22.0 Å². The van der Waals surface area contributed by atoms with Crippen LogP contribution >= 0.6 is 0 Å². The van der Waals surface area contributed by atoms with Gasteiger partial charge in [0.2, 0.25) is 5.91 Å². The molecule has 5 atom stereocenters. The van der Waals surface area contributed by atoms with Crippen molar-refractivity contribution in [3.05, 3.63) is 68.8 Å². The Kier molecular flexibility index (Phi) is 5.61. The molecule has 2 aromatic carbocycles. The molecule has 9 heteroatoms. The molecule has 2 aliphatic heterocycles. The summed E-state index contributed by atoms with van der Waals surface area (Å²) in [5, 5.41) is 35.8. The van der Waals surface area contributed by atoms with Gasteiger partial charge in [-0.2, -0.15) is 0 Å². The minimum atomic E-state index is -1.18. The van der Waals surface area contributed by atoms with Gasteiger partial charge in [0.15, 0.2) is 11.5 Å². The van der Waals surface area contributed by atoms with Crippen molar-refractivity contribution in [1.82, 2.24) is 9.80 Å². The number of nitrogens with zero attached hydrogens (tertiary/aromatic N) is 3. The van der Waals surface area contributed by atoms with Crippen LogP contribution in [-0.4, -0.2) is 74.8 Å². The summed E-state index contributed by atoms with van der Waals surface area (Å²) in [6.45, 7) is 3.63. The number of nitro benzene ring substituents is 1. The second kappa shape index (κ2) is 8.78. The Morgan fingerprint density at radius 2 is 2.08 bits per heavy atom. The lowest BCUT2D eigenvalue weighted by atomic mass is 9.48. The van der Waals surface area contributed by atoms with E-state index in [1.165, 1.54) is 18.9 Å². The lowest BCUT2D eigenvalue weighted by molar-refractivity contribution is -0.386. The second-order valence-electron chi connectivity index (χ2n) is 12.5. The fourth-order valence-electron chi connectivity index (χ4n) is 8.30. The van der Waals surface area contributed by atoms with Crippen molar-refractivity contribution in [2.24, 2.45) is 5.92 Å². The largest absolute Gasteiger partial charge is 0.504 e. The predicted octanol–water partition coefficient (Wildman–Crippen LogP) is 3.71. The average Bonchev–Trinajstić information content (AvgIpc) is 3.66. The van der Waals surface area contributed by atoms with E-state index in [0.29, 0.717) is 42.7 Å². The van der Waals surface area contributed by atoms with Crippen LogP contribution in [0.1, 0.15) is 54.4 Å². The fourth-order valence-corrected chi connectivity index (χ4v) is 8.30. The standard InChI is InChI=1S/C31H35N3O6/c1-18-4-3-5-19(14-18)8-9-26(36)32(2)22-10-11-31(37)25-15-21-23(34(38)39)16-24(35)28-27(21)30(31,29(22)40-28)12-13-33(25)17-20-6-7-20/h3-5,8-9,14,16,20,22,25,29,35,37H,6-7,10-13,15,17H2,1-2H3/t22-,25-,29+,30+,31-/m1/s1. The van der Waals surface area contributed by atoms with Crippen LogP contribution in [0, 0.1) is 23.0 Å². The van der Waals surface area contributed by atoms with Gasteiger partial charge >= 0.3 is 0 Å². The molecule has 0 unspecified atom stereocenters. The van der Waals surface area contributed by atoms with E-state index in [2.05, 4.69) is 4.90 Å². The number of carbonyl (C=O) groups excluding carboxylic acids is 1. The molecule has 3 aliphatic carbocycles. The maximum Gasteiger partial charge on any atom is 0.276 e. The monoisotopic (exact) mass is 545 g/mol. The first kappa shape index (κ1) is 25.5. The summed E-state index contributed by atoms with van der Waals surface area (Å²) in [6.07, 6.45) is 6.97. The van der Waals surface area contributed by atoms with E-state index in [1.54, 1.807) is 24.1 Å². The van der Waals surface area contributed by atoms with Gasteiger partial charge in [0.1, 0.15) is 6.10 Å². The van der Waals surface area contributed by atoms with Gasteiger partial charge in [-0.1, -0.05) is 29.8 Å². The number of phenols is 1. The quantitative estimate of drug-likeness (QED) is 0.323. The minimum Gasteiger partial charge on any atom is -0.504 e. The van der Waals surface area contributed by atoms with Gasteiger partial charge < -0.3 is 19.8 Å². The molecule has 2 bridgehead atoms. The molecule has 1 saturated heterocycles. The summed E-state index contributed by atoms with van der Waals surface area (Å²) in [6, 6.07) is 8.45. The minimum absolute atomic E-state index is 0.118. The molecule has 210 valence electrons. The second-order valence-corrected chi connectivity index (χ2v) is 12.5. The molecule has 40 heavy (non-hydrogen) atoms. The van der Waals surface area contributed by atoms with Gasteiger partial charge in [-0.15, -0.1) is 0 Å². The highest BCUT2D eigenvalue weighted by Gasteiger charge is 2.74. The van der Waals surface area contributed by atoms with E-state index >= 15 is 0 Å². The van der Waals surface area contributed by atoms with E-state index in [9.17, 15) is 25.1 Å². The third-order valence-electron chi connectivity index (χ3n) is 10.3. The van der Waals surface area contributed by atoms with Crippen molar-refractivity contribution in [2.75, 3.05) is 20.1 Å². The molecule has 2 heterocycles. The number of benzene rings is 2. The van der Waals surface area contributed by atoms with E-state index in [4.69, 9.17) is 4.74 Å². The fraction of sp³-hybridized carbons (Fsp3) is 0.516. The first-order valence-electron chi connectivity index (χ1n) is 14.3.